The number of H-pyrrole nitrogens is 1. The fourth-order valence-corrected chi connectivity index (χ4v) is 6.02. The van der Waals surface area contributed by atoms with E-state index in [2.05, 4.69) is 94.7 Å². The second-order valence-corrected chi connectivity index (χ2v) is 15.7. The molecule has 264 valence electrons. The number of methoxy groups -OCH3 is 1. The molecule has 0 aliphatic heterocycles. The molecular formula is C35H61N9O3. The van der Waals surface area contributed by atoms with Gasteiger partial charge in [-0.15, -0.1) is 0 Å². The van der Waals surface area contributed by atoms with E-state index in [1.165, 1.54) is 18.2 Å². The van der Waals surface area contributed by atoms with Gasteiger partial charge in [0, 0.05) is 48.1 Å². The van der Waals surface area contributed by atoms with Crippen molar-refractivity contribution in [2.75, 3.05) is 26.7 Å². The van der Waals surface area contributed by atoms with Crippen molar-refractivity contribution >= 4 is 34.7 Å². The number of fused-ring (bicyclic) bond motifs is 1. The van der Waals surface area contributed by atoms with Crippen LogP contribution in [0, 0.1) is 5.41 Å². The number of aromatic amines is 1. The maximum absolute atomic E-state index is 14.3. The zero-order valence-corrected chi connectivity index (χ0v) is 30.4. The Morgan fingerprint density at radius 1 is 0.851 bits per heavy atom. The van der Waals surface area contributed by atoms with E-state index in [4.69, 9.17) is 33.4 Å². The van der Waals surface area contributed by atoms with E-state index in [9.17, 15) is 9.59 Å². The number of hydrogen-bond donors (Lipinski definition) is 7. The molecule has 1 atom stereocenters. The van der Waals surface area contributed by atoms with E-state index in [1.807, 2.05) is 0 Å². The molecule has 2 rings (SSSR count). The molecule has 0 spiro atoms. The molecule has 1 heterocycles. The Kier molecular flexibility index (Phi) is 12.9. The van der Waals surface area contributed by atoms with Gasteiger partial charge in [0.2, 0.25) is 5.91 Å². The fourth-order valence-electron chi connectivity index (χ4n) is 6.02. The van der Waals surface area contributed by atoms with Crippen LogP contribution in [0.2, 0.25) is 0 Å². The Morgan fingerprint density at radius 3 is 1.79 bits per heavy atom. The molecule has 0 aliphatic rings. The second-order valence-electron chi connectivity index (χ2n) is 15.7. The van der Waals surface area contributed by atoms with Crippen LogP contribution in [0.25, 0.3) is 10.9 Å². The number of esters is 1. The predicted octanol–water partition coefficient (Wildman–Crippen LogP) is 3.31. The summed E-state index contributed by atoms with van der Waals surface area (Å²) in [4.78, 5) is 39.6. The first kappa shape index (κ1) is 39.4. The first-order chi connectivity index (χ1) is 21.6. The van der Waals surface area contributed by atoms with Gasteiger partial charge in [0.1, 0.15) is 6.04 Å². The number of hydrogen-bond acceptors (Lipinski definition) is 6. The Bertz CT molecular complexity index is 1420. The molecule has 0 radical (unpaired) electrons. The van der Waals surface area contributed by atoms with Crippen LogP contribution >= 0.6 is 0 Å². The van der Waals surface area contributed by atoms with Gasteiger partial charge < -0.3 is 43.7 Å². The van der Waals surface area contributed by atoms with Gasteiger partial charge in [-0.1, -0.05) is 68.4 Å². The van der Waals surface area contributed by atoms with Gasteiger partial charge in [0.25, 0.3) is 0 Å². The van der Waals surface area contributed by atoms with Gasteiger partial charge in [-0.25, -0.2) is 4.79 Å². The van der Waals surface area contributed by atoms with Crippen molar-refractivity contribution in [2.24, 2.45) is 44.1 Å². The van der Waals surface area contributed by atoms with Gasteiger partial charge in [-0.2, -0.15) is 0 Å². The highest BCUT2D eigenvalue weighted by Crippen LogP contribution is 2.41. The first-order valence-corrected chi connectivity index (χ1v) is 16.5. The van der Waals surface area contributed by atoms with Crippen LogP contribution in [0.3, 0.4) is 0 Å². The summed E-state index contributed by atoms with van der Waals surface area (Å²) in [5, 5.41) is 4.12. The Balaban J connectivity index is 2.69. The van der Waals surface area contributed by atoms with E-state index < -0.39 is 17.4 Å². The Labute approximate surface area is 281 Å². The molecule has 1 unspecified atom stereocenters. The molecule has 1 aromatic heterocycles. The highest BCUT2D eigenvalue weighted by atomic mass is 16.5. The lowest BCUT2D eigenvalue weighted by Crippen LogP contribution is -2.52. The van der Waals surface area contributed by atoms with E-state index in [1.54, 1.807) is 0 Å². The van der Waals surface area contributed by atoms with Crippen molar-refractivity contribution in [1.82, 2.24) is 10.3 Å². The molecule has 0 saturated carbocycles. The summed E-state index contributed by atoms with van der Waals surface area (Å²) in [5.41, 5.74) is 32.2. The maximum atomic E-state index is 14.3. The fraction of sp³-hybridized carbons (Fsp3) is 0.657. The lowest BCUT2D eigenvalue weighted by Gasteiger charge is -2.33. The normalized spacial score (nSPS) is 13.3. The number of carbonyl (C=O) groups is 2. The van der Waals surface area contributed by atoms with Crippen LogP contribution in [-0.4, -0.2) is 61.6 Å². The van der Waals surface area contributed by atoms with Crippen LogP contribution < -0.4 is 34.0 Å². The van der Waals surface area contributed by atoms with Crippen molar-refractivity contribution in [1.29, 1.82) is 0 Å². The lowest BCUT2D eigenvalue weighted by molar-refractivity contribution is -0.146. The van der Waals surface area contributed by atoms with Gasteiger partial charge in [-0.05, 0) is 59.3 Å². The number of ether oxygens (including phenoxy) is 1. The van der Waals surface area contributed by atoms with Gasteiger partial charge >= 0.3 is 5.97 Å². The summed E-state index contributed by atoms with van der Waals surface area (Å²) >= 11 is 0. The topological polar surface area (TPSA) is 226 Å². The highest BCUT2D eigenvalue weighted by molar-refractivity contribution is 5.92. The molecule has 12 heteroatoms. The number of nitrogens with zero attached hydrogens (tertiary/aromatic N) is 2. The minimum Gasteiger partial charge on any atom is -0.467 e. The molecule has 1 aromatic carbocycles. The summed E-state index contributed by atoms with van der Waals surface area (Å²) in [6, 6.07) is 3.52. The van der Waals surface area contributed by atoms with Crippen LogP contribution in [-0.2, 0) is 37.0 Å². The number of guanidine groups is 2. The summed E-state index contributed by atoms with van der Waals surface area (Å²) in [6.07, 6.45) is 2.04. The molecule has 12 nitrogen and oxygen atoms in total. The monoisotopic (exact) mass is 655 g/mol. The Hall–Kier alpha value is -3.80. The van der Waals surface area contributed by atoms with Gasteiger partial charge in [-0.3, -0.25) is 14.8 Å². The smallest absolute Gasteiger partial charge is 0.328 e. The molecule has 0 aliphatic carbocycles. The molecule has 12 N–H and O–H groups in total. The predicted molar refractivity (Wildman–Crippen MR) is 193 cm³/mol. The zero-order chi connectivity index (χ0) is 36.0. The first-order valence-electron chi connectivity index (χ1n) is 16.5. The summed E-state index contributed by atoms with van der Waals surface area (Å²) < 4.78 is 5.27. The molecule has 47 heavy (non-hydrogen) atoms. The molecule has 1 amide bonds. The number of aliphatic imine (C=N–C) groups is 2. The van der Waals surface area contributed by atoms with E-state index in [0.717, 1.165) is 22.2 Å². The zero-order valence-electron chi connectivity index (χ0n) is 30.4. The minimum absolute atomic E-state index is 0.0241. The number of benzene rings is 1. The standard InChI is InChI=1S/C35H61N9O3/c1-32(2,3)21-17-23(33(4,5)6)26-22(27(34(7,8)9)43-24(26)18-21)19-25(28(45)47-10)44-29(46)35(20-36,13-11-15-41-30(37)38)14-12-16-42-31(39)40/h17-18,25,43H,11-16,19-20,36H2,1-10H3,(H,44,46)(H4,37,38,41)(H4,39,40,42). The number of rotatable bonds is 14. The third-order valence-corrected chi connectivity index (χ3v) is 8.71. The Morgan fingerprint density at radius 2 is 1.38 bits per heavy atom. The minimum atomic E-state index is -1.02. The number of nitrogens with two attached hydrogens (primary N) is 5. The van der Waals surface area contributed by atoms with Crippen LogP contribution in [0.15, 0.2) is 22.1 Å². The number of nitrogens with one attached hydrogen (secondary N) is 2. The summed E-state index contributed by atoms with van der Waals surface area (Å²) in [6.45, 7) is 20.3. The highest BCUT2D eigenvalue weighted by Gasteiger charge is 2.39. The van der Waals surface area contributed by atoms with Crippen molar-refractivity contribution < 1.29 is 14.3 Å². The third-order valence-electron chi connectivity index (χ3n) is 8.71. The van der Waals surface area contributed by atoms with Crippen molar-refractivity contribution in [3.8, 4) is 0 Å². The number of amides is 1. The van der Waals surface area contributed by atoms with Crippen molar-refractivity contribution in [3.05, 3.63) is 34.5 Å². The van der Waals surface area contributed by atoms with E-state index in [0.29, 0.717) is 38.8 Å². The number of carbonyl (C=O) groups excluding carboxylic acids is 2. The average molecular weight is 656 g/mol. The van der Waals surface area contributed by atoms with E-state index in [-0.39, 0.29) is 47.0 Å². The van der Waals surface area contributed by atoms with Crippen LogP contribution in [0.4, 0.5) is 0 Å². The largest absolute Gasteiger partial charge is 0.467 e. The van der Waals surface area contributed by atoms with Crippen molar-refractivity contribution in [2.45, 2.75) is 117 Å². The molecule has 0 saturated heterocycles. The second kappa shape index (κ2) is 15.4. The van der Waals surface area contributed by atoms with Gasteiger partial charge in [0.15, 0.2) is 11.9 Å². The quantitative estimate of drug-likeness (QED) is 0.0690. The average Bonchev–Trinajstić information content (AvgIpc) is 3.32. The lowest BCUT2D eigenvalue weighted by atomic mass is 9.76. The molecule has 2 aromatic rings. The molecular weight excluding hydrogens is 594 g/mol. The third kappa shape index (κ3) is 10.3. The maximum Gasteiger partial charge on any atom is 0.328 e. The molecule has 0 bridgehead atoms. The summed E-state index contributed by atoms with van der Waals surface area (Å²) in [7, 11) is 1.33. The van der Waals surface area contributed by atoms with Gasteiger partial charge in [0.05, 0.1) is 12.5 Å². The number of aromatic nitrogens is 1. The summed E-state index contributed by atoms with van der Waals surface area (Å²) in [5.74, 6) is -0.927. The van der Waals surface area contributed by atoms with Crippen molar-refractivity contribution in [3.63, 3.8) is 0 Å². The van der Waals surface area contributed by atoms with E-state index >= 15 is 0 Å². The van der Waals surface area contributed by atoms with Crippen LogP contribution in [0.1, 0.15) is 110 Å². The SMILES string of the molecule is COC(=O)C(Cc1c(C(C)(C)C)[nH]c2cc(C(C)(C)C)cc(C(C)(C)C)c12)NC(=O)C(CN)(CCCN=C(N)N)CCCN=C(N)N. The molecule has 0 fully saturated rings. The van der Waals surface area contributed by atoms with Crippen LogP contribution in [0.5, 0.6) is 0 Å².